The molecule has 1 aromatic rings. The van der Waals surface area contributed by atoms with Crippen LogP contribution in [0.5, 0.6) is 0 Å². The van der Waals surface area contributed by atoms with Gasteiger partial charge in [0.1, 0.15) is 0 Å². The van der Waals surface area contributed by atoms with E-state index >= 15 is 0 Å². The molecule has 0 spiro atoms. The number of aliphatic carboxylic acids is 1. The van der Waals surface area contributed by atoms with Gasteiger partial charge in [0.15, 0.2) is 0 Å². The Balaban J connectivity index is 2.11. The molecular formula is C26H40N4O9S. The molecule has 3 amide bonds. The normalized spacial score (nSPS) is 24.0. The van der Waals surface area contributed by atoms with Gasteiger partial charge in [0.25, 0.3) is 11.7 Å². The van der Waals surface area contributed by atoms with Gasteiger partial charge in [-0.25, -0.2) is 4.79 Å². The van der Waals surface area contributed by atoms with Crippen LogP contribution in [0.15, 0.2) is 24.3 Å². The first-order valence-corrected chi connectivity index (χ1v) is 14.2. The molecule has 0 bridgehead atoms. The Bertz CT molecular complexity index is 1010. The first-order valence-electron chi connectivity index (χ1n) is 13.0. The number of nitrogens with one attached hydrogen (secondary N) is 3. The summed E-state index contributed by atoms with van der Waals surface area (Å²) in [5.41, 5.74) is 6.29. The molecule has 0 aliphatic carbocycles. The second-order valence-corrected chi connectivity index (χ2v) is 10.9. The Morgan fingerprint density at radius 2 is 1.85 bits per heavy atom. The van der Waals surface area contributed by atoms with E-state index in [0.29, 0.717) is 24.4 Å². The first kappa shape index (κ1) is 33.5. The van der Waals surface area contributed by atoms with E-state index in [0.717, 1.165) is 5.75 Å². The maximum absolute atomic E-state index is 12.6. The van der Waals surface area contributed by atoms with Crippen molar-refractivity contribution in [3.05, 3.63) is 29.8 Å². The molecule has 224 valence electrons. The number of rotatable bonds is 15. The Labute approximate surface area is 237 Å². The van der Waals surface area contributed by atoms with E-state index in [2.05, 4.69) is 16.0 Å². The number of carboxylic acids is 1. The molecule has 1 aliphatic heterocycles. The van der Waals surface area contributed by atoms with Gasteiger partial charge in [-0.05, 0) is 36.4 Å². The number of hydrogen-bond donors (Lipinski definition) is 7. The molecule has 0 saturated carbocycles. The third-order valence-corrected chi connectivity index (χ3v) is 7.47. The van der Waals surface area contributed by atoms with E-state index in [4.69, 9.17) is 15.2 Å². The number of carboxylic acid groups (broad SMARTS) is 1. The summed E-state index contributed by atoms with van der Waals surface area (Å²) in [4.78, 5) is 47.9. The predicted molar refractivity (Wildman–Crippen MR) is 149 cm³/mol. The summed E-state index contributed by atoms with van der Waals surface area (Å²) >= 11 is 1.60. The van der Waals surface area contributed by atoms with Crippen molar-refractivity contribution < 1.29 is 44.0 Å². The molecule has 2 rings (SSSR count). The van der Waals surface area contributed by atoms with Crippen LogP contribution >= 0.6 is 11.8 Å². The van der Waals surface area contributed by atoms with Crippen LogP contribution in [0.2, 0.25) is 0 Å². The highest BCUT2D eigenvalue weighted by Crippen LogP contribution is 2.35. The average Bonchev–Trinajstić information content (AvgIpc) is 2.89. The number of aliphatic hydroxyl groups is 2. The average molecular weight is 585 g/mol. The summed E-state index contributed by atoms with van der Waals surface area (Å²) in [6.45, 7) is 4.52. The molecule has 1 fully saturated rings. The van der Waals surface area contributed by atoms with Gasteiger partial charge in [0, 0.05) is 56.3 Å². The number of aliphatic hydroxyl groups excluding tert-OH is 2. The maximum Gasteiger partial charge on any atom is 0.364 e. The Kier molecular flexibility index (Phi) is 13.3. The first-order chi connectivity index (χ1) is 18.9. The van der Waals surface area contributed by atoms with Gasteiger partial charge in [0.2, 0.25) is 11.8 Å². The predicted octanol–water partition coefficient (Wildman–Crippen LogP) is -0.0942. The SMILES string of the molecule is CC(=O)Nc1ccc(C(=O)NC[C@@H](O)[C@@H](C)C2O[C@@](OCCCSCCN)(C(=O)O)C[C@H](O)[C@H]2NC(C)=O)cc1. The van der Waals surface area contributed by atoms with E-state index in [9.17, 15) is 34.5 Å². The van der Waals surface area contributed by atoms with Crippen LogP contribution in [0, 0.1) is 5.92 Å². The van der Waals surface area contributed by atoms with Crippen LogP contribution < -0.4 is 21.7 Å². The van der Waals surface area contributed by atoms with E-state index < -0.39 is 60.3 Å². The number of thioether (sulfide) groups is 1. The molecule has 6 atom stereocenters. The molecule has 40 heavy (non-hydrogen) atoms. The molecule has 1 aromatic carbocycles. The van der Waals surface area contributed by atoms with Gasteiger partial charge in [-0.15, -0.1) is 0 Å². The molecule has 1 aliphatic rings. The van der Waals surface area contributed by atoms with Crippen LogP contribution in [0.1, 0.15) is 44.0 Å². The molecule has 8 N–H and O–H groups in total. The van der Waals surface area contributed by atoms with Gasteiger partial charge >= 0.3 is 5.97 Å². The highest BCUT2D eigenvalue weighted by atomic mass is 32.2. The Morgan fingerprint density at radius 1 is 1.18 bits per heavy atom. The number of carbonyl (C=O) groups is 4. The lowest BCUT2D eigenvalue weighted by Gasteiger charge is -2.47. The van der Waals surface area contributed by atoms with Gasteiger partial charge in [-0.1, -0.05) is 6.92 Å². The van der Waals surface area contributed by atoms with E-state index in [1.165, 1.54) is 26.0 Å². The summed E-state index contributed by atoms with van der Waals surface area (Å²) in [6, 6.07) is 5.11. The summed E-state index contributed by atoms with van der Waals surface area (Å²) in [5, 5.41) is 39.6. The zero-order chi connectivity index (χ0) is 29.9. The topological polar surface area (TPSA) is 210 Å². The van der Waals surface area contributed by atoms with Crippen LogP contribution in [0.4, 0.5) is 5.69 Å². The number of hydrogen-bond acceptors (Lipinski definition) is 10. The van der Waals surface area contributed by atoms with Crippen LogP contribution in [0.25, 0.3) is 0 Å². The summed E-state index contributed by atoms with van der Waals surface area (Å²) in [6.07, 6.45) is -3.67. The monoisotopic (exact) mass is 584 g/mol. The molecule has 0 aromatic heterocycles. The third kappa shape index (κ3) is 9.71. The van der Waals surface area contributed by atoms with Crippen molar-refractivity contribution in [1.82, 2.24) is 10.6 Å². The smallest absolute Gasteiger partial charge is 0.364 e. The van der Waals surface area contributed by atoms with E-state index in [-0.39, 0.29) is 24.6 Å². The third-order valence-electron chi connectivity index (χ3n) is 6.36. The van der Waals surface area contributed by atoms with Gasteiger partial charge < -0.3 is 46.5 Å². The quantitative estimate of drug-likeness (QED) is 0.135. The van der Waals surface area contributed by atoms with E-state index in [1.807, 2.05) is 0 Å². The number of anilines is 1. The highest BCUT2D eigenvalue weighted by molar-refractivity contribution is 7.99. The molecule has 14 heteroatoms. The number of nitrogens with two attached hydrogens (primary N) is 1. The largest absolute Gasteiger partial charge is 0.477 e. The summed E-state index contributed by atoms with van der Waals surface area (Å²) < 4.78 is 11.6. The number of benzene rings is 1. The molecule has 1 unspecified atom stereocenters. The lowest BCUT2D eigenvalue weighted by atomic mass is 9.84. The molecule has 1 heterocycles. The van der Waals surface area contributed by atoms with E-state index in [1.54, 1.807) is 30.8 Å². The second kappa shape index (κ2) is 15.9. The maximum atomic E-state index is 12.6. The minimum absolute atomic E-state index is 0.0435. The fourth-order valence-corrected chi connectivity index (χ4v) is 4.99. The van der Waals surface area contributed by atoms with Crippen LogP contribution in [-0.4, -0.2) is 100 Å². The van der Waals surface area contributed by atoms with Crippen LogP contribution in [0.3, 0.4) is 0 Å². The van der Waals surface area contributed by atoms with Crippen molar-refractivity contribution >= 4 is 41.1 Å². The van der Waals surface area contributed by atoms with Crippen molar-refractivity contribution in [1.29, 1.82) is 0 Å². The fraction of sp³-hybridized carbons (Fsp3) is 0.615. The highest BCUT2D eigenvalue weighted by Gasteiger charge is 2.55. The zero-order valence-corrected chi connectivity index (χ0v) is 23.7. The van der Waals surface area contributed by atoms with Crippen molar-refractivity contribution in [2.75, 3.05) is 36.5 Å². The van der Waals surface area contributed by atoms with Gasteiger partial charge in [-0.2, -0.15) is 11.8 Å². The number of amides is 3. The standard InChI is InChI=1S/C26H40N4O9S/c1-15(21(34)14-28-24(35)18-5-7-19(8-6-18)29-16(2)31)23-22(30-17(3)32)20(33)13-26(39-23,25(36)37)38-10-4-11-40-12-9-27/h5-8,15,20-23,33-34H,4,9-14,27H2,1-3H3,(H,28,35)(H,29,31)(H,30,32)(H,36,37)/t15-,20+,21-,22-,23?,26-/m1/s1. The van der Waals surface area contributed by atoms with Crippen LogP contribution in [-0.2, 0) is 23.9 Å². The minimum atomic E-state index is -2.19. The lowest BCUT2D eigenvalue weighted by Crippen LogP contribution is -2.66. The van der Waals surface area contributed by atoms with Crippen molar-refractivity contribution in [3.8, 4) is 0 Å². The molecular weight excluding hydrogens is 544 g/mol. The molecule has 1 saturated heterocycles. The Morgan fingerprint density at radius 3 is 2.42 bits per heavy atom. The number of carbonyl (C=O) groups excluding carboxylic acids is 3. The van der Waals surface area contributed by atoms with Crippen molar-refractivity contribution in [2.45, 2.75) is 63.8 Å². The van der Waals surface area contributed by atoms with Gasteiger partial charge in [0.05, 0.1) is 31.0 Å². The Hall–Kier alpha value is -2.75. The summed E-state index contributed by atoms with van der Waals surface area (Å²) in [5.74, 6) is -4.24. The lowest BCUT2D eigenvalue weighted by molar-refractivity contribution is -0.304. The molecule has 13 nitrogen and oxygen atoms in total. The number of ether oxygens (including phenoxy) is 2. The molecule has 0 radical (unpaired) electrons. The van der Waals surface area contributed by atoms with Crippen molar-refractivity contribution in [2.24, 2.45) is 11.7 Å². The van der Waals surface area contributed by atoms with Gasteiger partial charge in [-0.3, -0.25) is 14.4 Å². The van der Waals surface area contributed by atoms with Crippen molar-refractivity contribution in [3.63, 3.8) is 0 Å². The fourth-order valence-electron chi connectivity index (χ4n) is 4.30. The summed E-state index contributed by atoms with van der Waals surface area (Å²) in [7, 11) is 0. The minimum Gasteiger partial charge on any atom is -0.477 e. The zero-order valence-electron chi connectivity index (χ0n) is 22.9. The second-order valence-electron chi connectivity index (χ2n) is 9.64.